The van der Waals surface area contributed by atoms with Crippen molar-refractivity contribution in [3.05, 3.63) is 65.5 Å². The van der Waals surface area contributed by atoms with Gasteiger partial charge in [-0.2, -0.15) is 0 Å². The van der Waals surface area contributed by atoms with Crippen LogP contribution in [0.25, 0.3) is 22.2 Å². The first kappa shape index (κ1) is 24.2. The number of nitrogen functional groups attached to an aromatic ring is 1. The molecular formula is C27H32N6O2. The number of aromatic nitrogens is 3. The maximum atomic E-state index is 12.5. The number of methoxy groups -OCH3 is 1. The molecule has 3 N–H and O–H groups in total. The summed E-state index contributed by atoms with van der Waals surface area (Å²) >= 11 is 0. The Hall–Kier alpha value is -3.91. The number of rotatable bonds is 8. The highest BCUT2D eigenvalue weighted by atomic mass is 16.5. The second kappa shape index (κ2) is 10.1. The molecule has 0 spiro atoms. The lowest BCUT2D eigenvalue weighted by Gasteiger charge is -2.15. The van der Waals surface area contributed by atoms with Crippen LogP contribution >= 0.6 is 0 Å². The molecule has 0 aliphatic heterocycles. The summed E-state index contributed by atoms with van der Waals surface area (Å²) in [5, 5.41) is 4.29. The van der Waals surface area contributed by atoms with Gasteiger partial charge in [-0.25, -0.2) is 14.8 Å². The smallest absolute Gasteiger partial charge is 0.341 e. The number of nitrogens with zero attached hydrogens (tertiary/aromatic N) is 4. The van der Waals surface area contributed by atoms with Gasteiger partial charge in [-0.1, -0.05) is 24.3 Å². The molecule has 0 saturated carbocycles. The molecule has 0 aliphatic carbocycles. The van der Waals surface area contributed by atoms with Crippen LogP contribution in [0.15, 0.2) is 48.8 Å². The third-order valence-electron chi connectivity index (χ3n) is 6.13. The van der Waals surface area contributed by atoms with Gasteiger partial charge in [0.1, 0.15) is 5.56 Å². The van der Waals surface area contributed by atoms with E-state index in [-0.39, 0.29) is 0 Å². The van der Waals surface area contributed by atoms with E-state index in [0.717, 1.165) is 58.4 Å². The van der Waals surface area contributed by atoms with Crippen molar-refractivity contribution < 1.29 is 9.53 Å². The number of para-hydroxylation sites is 1. The minimum absolute atomic E-state index is 0.307. The minimum atomic E-state index is -0.484. The van der Waals surface area contributed by atoms with Crippen LogP contribution in [-0.2, 0) is 18.2 Å². The number of hydrogen-bond donors (Lipinski definition) is 2. The van der Waals surface area contributed by atoms with Gasteiger partial charge in [-0.3, -0.25) is 0 Å². The first-order valence-electron chi connectivity index (χ1n) is 11.6. The predicted octanol–water partition coefficient (Wildman–Crippen LogP) is 4.55. The van der Waals surface area contributed by atoms with Gasteiger partial charge in [0, 0.05) is 47.3 Å². The normalized spacial score (nSPS) is 11.3. The van der Waals surface area contributed by atoms with Gasteiger partial charge >= 0.3 is 5.97 Å². The van der Waals surface area contributed by atoms with E-state index in [1.807, 2.05) is 55.1 Å². The van der Waals surface area contributed by atoms with Crippen molar-refractivity contribution in [1.82, 2.24) is 19.4 Å². The number of hydrogen-bond acceptors (Lipinski definition) is 7. The Morgan fingerprint density at radius 3 is 2.74 bits per heavy atom. The Kier molecular flexibility index (Phi) is 7.02. The number of aryl methyl sites for hydroxylation is 3. The Morgan fingerprint density at radius 1 is 1.23 bits per heavy atom. The predicted molar refractivity (Wildman–Crippen MR) is 141 cm³/mol. The van der Waals surface area contributed by atoms with E-state index in [1.165, 1.54) is 13.3 Å². The van der Waals surface area contributed by atoms with Crippen molar-refractivity contribution in [3.8, 4) is 11.3 Å². The molecule has 0 saturated heterocycles. The molecule has 0 aliphatic rings. The second-order valence-electron chi connectivity index (χ2n) is 9.02. The second-order valence-corrected chi connectivity index (χ2v) is 9.02. The van der Waals surface area contributed by atoms with Gasteiger partial charge < -0.3 is 25.3 Å². The summed E-state index contributed by atoms with van der Waals surface area (Å²) in [6, 6.07) is 12.0. The standard InChI is InChI=1S/C27H32N6O2/c1-17-13-18(9-8-12-32(2)3)22(28)14-23(17)30-27-29-15-20(26(34)35-5)25(31-27)21-16-33(4)24-11-7-6-10-19(21)24/h6-7,10-11,13-16H,8-9,12,28H2,1-5H3,(H,29,30,31). The first-order valence-corrected chi connectivity index (χ1v) is 11.6. The lowest BCUT2D eigenvalue weighted by atomic mass is 10.0. The molecule has 4 rings (SSSR count). The molecule has 0 amide bonds. The summed E-state index contributed by atoms with van der Waals surface area (Å²) in [5.41, 5.74) is 12.8. The molecule has 8 heteroatoms. The molecule has 2 heterocycles. The Labute approximate surface area is 205 Å². The lowest BCUT2D eigenvalue weighted by Crippen LogP contribution is -2.14. The van der Waals surface area contributed by atoms with Gasteiger partial charge in [0.2, 0.25) is 5.95 Å². The van der Waals surface area contributed by atoms with E-state index in [4.69, 9.17) is 15.5 Å². The van der Waals surface area contributed by atoms with Crippen LogP contribution in [0.4, 0.5) is 17.3 Å². The van der Waals surface area contributed by atoms with Gasteiger partial charge in [-0.05, 0) is 63.7 Å². The molecule has 182 valence electrons. The molecule has 2 aromatic heterocycles. The highest BCUT2D eigenvalue weighted by molar-refractivity contribution is 6.02. The molecule has 0 atom stereocenters. The number of carbonyl (C=O) groups excluding carboxylic acids is 1. The number of ether oxygens (including phenoxy) is 1. The number of fused-ring (bicyclic) bond motifs is 1. The maximum absolute atomic E-state index is 12.5. The highest BCUT2D eigenvalue weighted by Gasteiger charge is 2.20. The summed E-state index contributed by atoms with van der Waals surface area (Å²) in [6.45, 7) is 3.04. The first-order chi connectivity index (χ1) is 16.8. The number of esters is 1. The van der Waals surface area contributed by atoms with Crippen LogP contribution in [0.3, 0.4) is 0 Å². The Balaban J connectivity index is 1.70. The number of anilines is 3. The van der Waals surface area contributed by atoms with Crippen LogP contribution < -0.4 is 11.1 Å². The quantitative estimate of drug-likeness (QED) is 0.287. The SMILES string of the molecule is COC(=O)c1cnc(Nc2cc(N)c(CCCN(C)C)cc2C)nc1-c1cn(C)c2ccccc12. The highest BCUT2D eigenvalue weighted by Crippen LogP contribution is 2.33. The van der Waals surface area contributed by atoms with Crippen LogP contribution in [0.1, 0.15) is 27.9 Å². The molecular weight excluding hydrogens is 440 g/mol. The summed E-state index contributed by atoms with van der Waals surface area (Å²) < 4.78 is 7.02. The summed E-state index contributed by atoms with van der Waals surface area (Å²) in [7, 11) is 7.46. The Morgan fingerprint density at radius 2 is 2.00 bits per heavy atom. The van der Waals surface area contributed by atoms with Crippen LogP contribution in [0, 0.1) is 6.92 Å². The van der Waals surface area contributed by atoms with Crippen LogP contribution in [0.5, 0.6) is 0 Å². The zero-order valence-corrected chi connectivity index (χ0v) is 20.9. The average molecular weight is 473 g/mol. The van der Waals surface area contributed by atoms with E-state index < -0.39 is 5.97 Å². The number of carbonyl (C=O) groups is 1. The van der Waals surface area contributed by atoms with Crippen molar-refractivity contribution >= 4 is 34.2 Å². The molecule has 0 unspecified atom stereocenters. The zero-order valence-electron chi connectivity index (χ0n) is 20.9. The maximum Gasteiger partial charge on any atom is 0.341 e. The van der Waals surface area contributed by atoms with E-state index in [9.17, 15) is 4.79 Å². The molecule has 0 fully saturated rings. The summed E-state index contributed by atoms with van der Waals surface area (Å²) in [5.74, 6) is -0.106. The molecule has 8 nitrogen and oxygen atoms in total. The third kappa shape index (κ3) is 5.12. The van der Waals surface area contributed by atoms with Gasteiger partial charge in [-0.15, -0.1) is 0 Å². The van der Waals surface area contributed by atoms with Crippen molar-refractivity contribution in [1.29, 1.82) is 0 Å². The third-order valence-corrected chi connectivity index (χ3v) is 6.13. The monoisotopic (exact) mass is 472 g/mol. The van der Waals surface area contributed by atoms with Crippen molar-refractivity contribution in [3.63, 3.8) is 0 Å². The van der Waals surface area contributed by atoms with Gasteiger partial charge in [0.15, 0.2) is 0 Å². The van der Waals surface area contributed by atoms with Crippen molar-refractivity contribution in [2.45, 2.75) is 19.8 Å². The van der Waals surface area contributed by atoms with Gasteiger partial charge in [0.25, 0.3) is 0 Å². The average Bonchev–Trinajstić information content (AvgIpc) is 3.18. The molecule has 2 aromatic carbocycles. The number of nitrogens with one attached hydrogen (secondary N) is 1. The van der Waals surface area contributed by atoms with Crippen molar-refractivity contribution in [2.75, 3.05) is 38.8 Å². The summed E-state index contributed by atoms with van der Waals surface area (Å²) in [6.07, 6.45) is 5.43. The molecule has 0 bridgehead atoms. The Bertz CT molecular complexity index is 1380. The van der Waals surface area contributed by atoms with Crippen molar-refractivity contribution in [2.24, 2.45) is 7.05 Å². The molecule has 35 heavy (non-hydrogen) atoms. The lowest BCUT2D eigenvalue weighted by molar-refractivity contribution is 0.0601. The molecule has 4 aromatic rings. The van der Waals surface area contributed by atoms with E-state index in [0.29, 0.717) is 17.2 Å². The zero-order chi connectivity index (χ0) is 25.1. The minimum Gasteiger partial charge on any atom is -0.465 e. The number of nitrogens with two attached hydrogens (primary N) is 1. The van der Waals surface area contributed by atoms with Crippen LogP contribution in [0.2, 0.25) is 0 Å². The summed E-state index contributed by atoms with van der Waals surface area (Å²) in [4.78, 5) is 23.9. The fourth-order valence-corrected chi connectivity index (χ4v) is 4.28. The largest absolute Gasteiger partial charge is 0.465 e. The fraction of sp³-hybridized carbons (Fsp3) is 0.296. The van der Waals surface area contributed by atoms with Crippen LogP contribution in [-0.4, -0.2) is 53.2 Å². The fourth-order valence-electron chi connectivity index (χ4n) is 4.28. The number of benzene rings is 2. The topological polar surface area (TPSA) is 98.3 Å². The van der Waals surface area contributed by atoms with E-state index >= 15 is 0 Å². The molecule has 0 radical (unpaired) electrons. The van der Waals surface area contributed by atoms with E-state index in [2.05, 4.69) is 35.4 Å². The van der Waals surface area contributed by atoms with E-state index in [1.54, 1.807) is 0 Å². The van der Waals surface area contributed by atoms with Gasteiger partial charge in [0.05, 0.1) is 12.8 Å².